The first-order chi connectivity index (χ1) is 11.2. The molecule has 128 valence electrons. The largest absolute Gasteiger partial charge is 0.419 e. The highest BCUT2D eigenvalue weighted by Crippen LogP contribution is 2.25. The van der Waals surface area contributed by atoms with Gasteiger partial charge in [-0.15, -0.1) is 11.3 Å². The summed E-state index contributed by atoms with van der Waals surface area (Å²) in [4.78, 5) is 12.1. The third-order valence-electron chi connectivity index (χ3n) is 3.73. The zero-order chi connectivity index (χ0) is 17.5. The number of aromatic nitrogens is 1. The van der Waals surface area contributed by atoms with Crippen LogP contribution < -0.4 is 10.5 Å². The molecule has 0 aliphatic heterocycles. The third-order valence-corrected chi connectivity index (χ3v) is 6.25. The Morgan fingerprint density at radius 2 is 2.12 bits per heavy atom. The van der Waals surface area contributed by atoms with Crippen LogP contribution in [0.1, 0.15) is 11.8 Å². The van der Waals surface area contributed by atoms with E-state index in [0.717, 1.165) is 0 Å². The number of hydrogen-bond donors (Lipinski definition) is 2. The minimum Gasteiger partial charge on any atom is -0.408 e. The monoisotopic (exact) mass is 368 g/mol. The Morgan fingerprint density at radius 1 is 1.38 bits per heavy atom. The minimum atomic E-state index is -3.85. The molecule has 0 aliphatic carbocycles. The molecule has 0 saturated carbocycles. The number of oxazole rings is 1. The minimum absolute atomic E-state index is 0.00613. The van der Waals surface area contributed by atoms with Crippen LogP contribution in [0.25, 0.3) is 11.1 Å². The van der Waals surface area contributed by atoms with E-state index in [0.29, 0.717) is 16.0 Å². The molecule has 1 aromatic carbocycles. The zero-order valence-electron chi connectivity index (χ0n) is 13.0. The van der Waals surface area contributed by atoms with Crippen molar-refractivity contribution in [2.75, 3.05) is 6.54 Å². The van der Waals surface area contributed by atoms with Gasteiger partial charge in [0.2, 0.25) is 10.0 Å². The third kappa shape index (κ3) is 3.03. The molecule has 2 N–H and O–H groups in total. The first-order valence-electron chi connectivity index (χ1n) is 7.06. The molecule has 3 aromatic rings. The smallest absolute Gasteiger partial charge is 0.408 e. The van der Waals surface area contributed by atoms with Crippen LogP contribution in [0.3, 0.4) is 0 Å². The highest BCUT2D eigenvalue weighted by Gasteiger charge is 2.27. The SMILES string of the molecule is Cn1c(=O)oc2ccc(S(=O)(=O)NCC(C)(O)c3cccs3)cc21. The van der Waals surface area contributed by atoms with Crippen LogP contribution in [0.5, 0.6) is 0 Å². The lowest BCUT2D eigenvalue weighted by molar-refractivity contribution is 0.0666. The van der Waals surface area contributed by atoms with E-state index in [1.807, 2.05) is 5.38 Å². The number of sulfonamides is 1. The Bertz CT molecular complexity index is 1030. The molecule has 7 nitrogen and oxygen atoms in total. The van der Waals surface area contributed by atoms with Crippen molar-refractivity contribution < 1.29 is 17.9 Å². The van der Waals surface area contributed by atoms with Gasteiger partial charge in [-0.2, -0.15) is 0 Å². The fourth-order valence-corrected chi connectivity index (χ4v) is 4.20. The molecule has 24 heavy (non-hydrogen) atoms. The normalized spacial score (nSPS) is 14.8. The molecule has 1 unspecified atom stereocenters. The second-order valence-corrected chi connectivity index (χ2v) is 8.35. The molecule has 0 aliphatic rings. The first-order valence-corrected chi connectivity index (χ1v) is 9.43. The van der Waals surface area contributed by atoms with E-state index in [1.54, 1.807) is 19.1 Å². The highest BCUT2D eigenvalue weighted by molar-refractivity contribution is 7.89. The molecule has 0 saturated heterocycles. The van der Waals surface area contributed by atoms with Crippen LogP contribution in [-0.4, -0.2) is 24.6 Å². The molecule has 3 rings (SSSR count). The molecule has 2 aromatic heterocycles. The number of rotatable bonds is 5. The number of thiophene rings is 1. The van der Waals surface area contributed by atoms with Crippen molar-refractivity contribution in [2.24, 2.45) is 7.05 Å². The van der Waals surface area contributed by atoms with Gasteiger partial charge in [0.25, 0.3) is 0 Å². The summed E-state index contributed by atoms with van der Waals surface area (Å²) in [6, 6.07) is 7.68. The fourth-order valence-electron chi connectivity index (χ4n) is 2.26. The number of benzene rings is 1. The van der Waals surface area contributed by atoms with Gasteiger partial charge in [-0.05, 0) is 36.6 Å². The van der Waals surface area contributed by atoms with Gasteiger partial charge in [-0.25, -0.2) is 17.9 Å². The maximum Gasteiger partial charge on any atom is 0.419 e. The van der Waals surface area contributed by atoms with Crippen molar-refractivity contribution in [3.8, 4) is 0 Å². The zero-order valence-corrected chi connectivity index (χ0v) is 14.6. The highest BCUT2D eigenvalue weighted by atomic mass is 32.2. The van der Waals surface area contributed by atoms with E-state index in [4.69, 9.17) is 4.42 Å². The standard InChI is InChI=1S/C15H16N2O5S2/c1-15(19,13-4-3-7-23-13)9-16-24(20,21)10-5-6-12-11(8-10)17(2)14(18)22-12/h3-8,16,19H,9H2,1-2H3. The van der Waals surface area contributed by atoms with Gasteiger partial charge in [0, 0.05) is 18.5 Å². The van der Waals surface area contributed by atoms with Gasteiger partial charge in [0.15, 0.2) is 5.58 Å². The van der Waals surface area contributed by atoms with Crippen molar-refractivity contribution in [2.45, 2.75) is 17.4 Å². The molecule has 2 heterocycles. The van der Waals surface area contributed by atoms with Crippen LogP contribution in [-0.2, 0) is 22.7 Å². The van der Waals surface area contributed by atoms with E-state index >= 15 is 0 Å². The van der Waals surface area contributed by atoms with E-state index in [2.05, 4.69) is 4.72 Å². The van der Waals surface area contributed by atoms with Gasteiger partial charge in [0.1, 0.15) is 5.60 Å². The average Bonchev–Trinajstić information content (AvgIpc) is 3.16. The maximum atomic E-state index is 12.5. The number of aliphatic hydroxyl groups is 1. The summed E-state index contributed by atoms with van der Waals surface area (Å²) >= 11 is 1.35. The molecule has 9 heteroatoms. The lowest BCUT2D eigenvalue weighted by Gasteiger charge is -2.22. The summed E-state index contributed by atoms with van der Waals surface area (Å²) in [5, 5.41) is 12.2. The number of nitrogens with one attached hydrogen (secondary N) is 1. The van der Waals surface area contributed by atoms with Gasteiger partial charge in [0.05, 0.1) is 10.4 Å². The Kier molecular flexibility index (Phi) is 4.12. The molecule has 0 spiro atoms. The maximum absolute atomic E-state index is 12.5. The Labute approximate surface area is 142 Å². The average molecular weight is 368 g/mol. The van der Waals surface area contributed by atoms with E-state index in [9.17, 15) is 18.3 Å². The quantitative estimate of drug-likeness (QED) is 0.708. The van der Waals surface area contributed by atoms with Crippen LogP contribution in [0.2, 0.25) is 0 Å². The molecule has 0 bridgehead atoms. The number of aryl methyl sites for hydroxylation is 1. The second-order valence-electron chi connectivity index (χ2n) is 5.63. The first kappa shape index (κ1) is 16.9. The Morgan fingerprint density at radius 3 is 2.79 bits per heavy atom. The Balaban J connectivity index is 1.88. The van der Waals surface area contributed by atoms with Gasteiger partial charge < -0.3 is 9.52 Å². The predicted molar refractivity (Wildman–Crippen MR) is 90.5 cm³/mol. The van der Waals surface area contributed by atoms with Crippen LogP contribution >= 0.6 is 11.3 Å². The van der Waals surface area contributed by atoms with E-state index in [-0.39, 0.29) is 11.4 Å². The lowest BCUT2D eigenvalue weighted by atomic mass is 10.1. The van der Waals surface area contributed by atoms with Gasteiger partial charge in [-0.3, -0.25) is 4.57 Å². The van der Waals surface area contributed by atoms with Crippen molar-refractivity contribution in [1.82, 2.24) is 9.29 Å². The van der Waals surface area contributed by atoms with Crippen LogP contribution in [0, 0.1) is 0 Å². The number of fused-ring (bicyclic) bond motifs is 1. The fraction of sp³-hybridized carbons (Fsp3) is 0.267. The summed E-state index contributed by atoms with van der Waals surface area (Å²) in [7, 11) is -2.35. The number of hydrogen-bond acceptors (Lipinski definition) is 6. The van der Waals surface area contributed by atoms with Crippen molar-refractivity contribution >= 4 is 32.5 Å². The Hall–Kier alpha value is -1.94. The van der Waals surface area contributed by atoms with Crippen LogP contribution in [0.15, 0.2) is 49.8 Å². The summed E-state index contributed by atoms with van der Waals surface area (Å²) in [6.45, 7) is 1.38. The van der Waals surface area contributed by atoms with Crippen molar-refractivity contribution in [1.29, 1.82) is 0 Å². The molecular formula is C15H16N2O5S2. The predicted octanol–water partition coefficient (Wildman–Crippen LogP) is 1.38. The van der Waals surface area contributed by atoms with Crippen molar-refractivity contribution in [3.63, 3.8) is 0 Å². The lowest BCUT2D eigenvalue weighted by Crippen LogP contribution is -2.38. The van der Waals surface area contributed by atoms with E-state index in [1.165, 1.54) is 41.2 Å². The summed E-state index contributed by atoms with van der Waals surface area (Å²) in [6.07, 6.45) is 0. The molecule has 0 radical (unpaired) electrons. The number of nitrogens with zero attached hydrogens (tertiary/aromatic N) is 1. The topological polar surface area (TPSA) is 102 Å². The van der Waals surface area contributed by atoms with Crippen molar-refractivity contribution in [3.05, 3.63) is 51.1 Å². The molecular weight excluding hydrogens is 352 g/mol. The van der Waals surface area contributed by atoms with Gasteiger partial charge in [-0.1, -0.05) is 6.07 Å². The molecule has 0 fully saturated rings. The van der Waals surface area contributed by atoms with Gasteiger partial charge >= 0.3 is 5.76 Å². The molecule has 0 amide bonds. The second kappa shape index (κ2) is 5.85. The summed E-state index contributed by atoms with van der Waals surface area (Å²) in [5.74, 6) is -0.562. The molecule has 1 atom stereocenters. The summed E-state index contributed by atoms with van der Waals surface area (Å²) < 4.78 is 33.6. The van der Waals surface area contributed by atoms with E-state index < -0.39 is 21.4 Å². The van der Waals surface area contributed by atoms with Crippen LogP contribution in [0.4, 0.5) is 0 Å². The summed E-state index contributed by atoms with van der Waals surface area (Å²) in [5.41, 5.74) is -0.617.